The summed E-state index contributed by atoms with van der Waals surface area (Å²) >= 11 is 0. The zero-order chi connectivity index (χ0) is 8.85. The van der Waals surface area contributed by atoms with Crippen molar-refractivity contribution in [3.63, 3.8) is 0 Å². The largest absolute Gasteiger partial charge is 0.393 e. The normalized spacial score (nSPS) is 16.0. The highest BCUT2D eigenvalue weighted by Crippen LogP contribution is 2.20. The summed E-state index contributed by atoms with van der Waals surface area (Å²) in [5.41, 5.74) is 1.11. The van der Waals surface area contributed by atoms with Crippen LogP contribution in [0.5, 0.6) is 0 Å². The topological polar surface area (TPSA) is 20.2 Å². The third-order valence-corrected chi connectivity index (χ3v) is 2.12. The van der Waals surface area contributed by atoms with E-state index in [1.807, 2.05) is 6.92 Å². The molecule has 66 valence electrons. The maximum Gasteiger partial charge on any atom is 0.0605 e. The first-order valence-electron chi connectivity index (χ1n) is 4.46. The molecule has 0 rings (SSSR count). The minimum atomic E-state index is -0.178. The van der Waals surface area contributed by atoms with Crippen LogP contribution in [0.25, 0.3) is 0 Å². The lowest BCUT2D eigenvalue weighted by Crippen LogP contribution is -2.20. The maximum absolute atomic E-state index is 9.62. The Kier molecular flexibility index (Phi) is 5.22. The zero-order valence-electron chi connectivity index (χ0n) is 7.93. The molecule has 0 saturated heterocycles. The molecule has 0 spiro atoms. The molecule has 0 aliphatic heterocycles. The van der Waals surface area contributed by atoms with E-state index in [0.29, 0.717) is 5.92 Å². The fourth-order valence-corrected chi connectivity index (χ4v) is 1.45. The lowest BCUT2D eigenvalue weighted by atomic mass is 9.90. The van der Waals surface area contributed by atoms with Crippen molar-refractivity contribution in [3.05, 3.63) is 12.2 Å². The molecule has 0 saturated carbocycles. The monoisotopic (exact) mass is 156 g/mol. The predicted octanol–water partition coefficient (Wildman–Crippen LogP) is 2.75. The van der Waals surface area contributed by atoms with E-state index in [-0.39, 0.29) is 6.10 Å². The van der Waals surface area contributed by atoms with Gasteiger partial charge in [0.2, 0.25) is 0 Å². The SMILES string of the molecule is C=C(C)[C@H](CC)[C@@H](O)CCC. The molecular weight excluding hydrogens is 136 g/mol. The van der Waals surface area contributed by atoms with Gasteiger partial charge in [-0.05, 0) is 19.8 Å². The number of hydrogen-bond acceptors (Lipinski definition) is 1. The van der Waals surface area contributed by atoms with Crippen LogP contribution in [-0.2, 0) is 0 Å². The Hall–Kier alpha value is -0.300. The summed E-state index contributed by atoms with van der Waals surface area (Å²) in [4.78, 5) is 0. The van der Waals surface area contributed by atoms with Gasteiger partial charge in [0.15, 0.2) is 0 Å². The highest BCUT2D eigenvalue weighted by atomic mass is 16.3. The van der Waals surface area contributed by atoms with Gasteiger partial charge in [-0.15, -0.1) is 0 Å². The molecule has 0 aliphatic rings. The molecule has 0 aliphatic carbocycles. The van der Waals surface area contributed by atoms with Crippen LogP contribution in [0.3, 0.4) is 0 Å². The second kappa shape index (κ2) is 5.36. The first-order valence-corrected chi connectivity index (χ1v) is 4.46. The molecule has 1 N–H and O–H groups in total. The molecule has 0 bridgehead atoms. The number of aliphatic hydroxyl groups excluding tert-OH is 1. The summed E-state index contributed by atoms with van der Waals surface area (Å²) in [7, 11) is 0. The first kappa shape index (κ1) is 10.7. The second-order valence-electron chi connectivity index (χ2n) is 3.22. The molecule has 0 radical (unpaired) electrons. The Labute approximate surface area is 70.1 Å². The van der Waals surface area contributed by atoms with Crippen molar-refractivity contribution in [1.29, 1.82) is 0 Å². The summed E-state index contributed by atoms with van der Waals surface area (Å²) in [6.45, 7) is 10.0. The van der Waals surface area contributed by atoms with Gasteiger partial charge in [0.25, 0.3) is 0 Å². The fraction of sp³-hybridized carbons (Fsp3) is 0.800. The highest BCUT2D eigenvalue weighted by molar-refractivity contribution is 4.98. The van der Waals surface area contributed by atoms with E-state index in [9.17, 15) is 5.11 Å². The van der Waals surface area contributed by atoms with E-state index in [0.717, 1.165) is 24.8 Å². The molecule has 0 aromatic carbocycles. The smallest absolute Gasteiger partial charge is 0.0605 e. The quantitative estimate of drug-likeness (QED) is 0.607. The van der Waals surface area contributed by atoms with Crippen LogP contribution in [0.1, 0.15) is 40.0 Å². The molecule has 11 heavy (non-hydrogen) atoms. The van der Waals surface area contributed by atoms with Crippen LogP contribution in [0, 0.1) is 5.92 Å². The average molecular weight is 156 g/mol. The minimum absolute atomic E-state index is 0.178. The fourth-order valence-electron chi connectivity index (χ4n) is 1.45. The van der Waals surface area contributed by atoms with E-state index in [2.05, 4.69) is 20.4 Å². The van der Waals surface area contributed by atoms with Gasteiger partial charge < -0.3 is 5.11 Å². The Bertz CT molecular complexity index is 118. The van der Waals surface area contributed by atoms with Gasteiger partial charge in [-0.25, -0.2) is 0 Å². The summed E-state index contributed by atoms with van der Waals surface area (Å²) < 4.78 is 0. The Morgan fingerprint density at radius 2 is 2.00 bits per heavy atom. The van der Waals surface area contributed by atoms with E-state index in [1.54, 1.807) is 0 Å². The third-order valence-electron chi connectivity index (χ3n) is 2.12. The van der Waals surface area contributed by atoms with Crippen molar-refractivity contribution in [2.75, 3.05) is 0 Å². The second-order valence-corrected chi connectivity index (χ2v) is 3.22. The molecule has 0 aromatic heterocycles. The molecular formula is C10H20O. The van der Waals surface area contributed by atoms with Crippen molar-refractivity contribution in [2.45, 2.75) is 46.1 Å². The van der Waals surface area contributed by atoms with Crippen LogP contribution in [0.15, 0.2) is 12.2 Å². The maximum atomic E-state index is 9.62. The lowest BCUT2D eigenvalue weighted by molar-refractivity contribution is 0.113. The van der Waals surface area contributed by atoms with Gasteiger partial charge in [-0.2, -0.15) is 0 Å². The number of rotatable bonds is 5. The van der Waals surface area contributed by atoms with Gasteiger partial charge in [0.05, 0.1) is 6.10 Å². The molecule has 0 fully saturated rings. The molecule has 0 amide bonds. The van der Waals surface area contributed by atoms with Crippen molar-refractivity contribution in [2.24, 2.45) is 5.92 Å². The van der Waals surface area contributed by atoms with Gasteiger partial charge in [-0.1, -0.05) is 32.4 Å². The molecule has 2 atom stereocenters. The summed E-state index contributed by atoms with van der Waals surface area (Å²) in [5, 5.41) is 9.62. The molecule has 0 unspecified atom stereocenters. The van der Waals surface area contributed by atoms with Crippen LogP contribution in [0.4, 0.5) is 0 Å². The minimum Gasteiger partial charge on any atom is -0.393 e. The zero-order valence-corrected chi connectivity index (χ0v) is 7.93. The third kappa shape index (κ3) is 3.57. The van der Waals surface area contributed by atoms with E-state index >= 15 is 0 Å². The van der Waals surface area contributed by atoms with Gasteiger partial charge in [0.1, 0.15) is 0 Å². The van der Waals surface area contributed by atoms with Gasteiger partial charge in [0, 0.05) is 5.92 Å². The molecule has 0 aromatic rings. The summed E-state index contributed by atoms with van der Waals surface area (Å²) in [5.74, 6) is 0.301. The Morgan fingerprint density at radius 1 is 1.45 bits per heavy atom. The summed E-state index contributed by atoms with van der Waals surface area (Å²) in [6.07, 6.45) is 2.76. The molecule has 0 heterocycles. The molecule has 1 nitrogen and oxygen atoms in total. The van der Waals surface area contributed by atoms with Crippen LogP contribution >= 0.6 is 0 Å². The predicted molar refractivity (Wildman–Crippen MR) is 49.5 cm³/mol. The van der Waals surface area contributed by atoms with Gasteiger partial charge in [-0.3, -0.25) is 0 Å². The van der Waals surface area contributed by atoms with E-state index < -0.39 is 0 Å². The van der Waals surface area contributed by atoms with Crippen LogP contribution in [0.2, 0.25) is 0 Å². The average Bonchev–Trinajstić information content (AvgIpc) is 1.88. The van der Waals surface area contributed by atoms with E-state index in [1.165, 1.54) is 0 Å². The first-order chi connectivity index (χ1) is 5.13. The summed E-state index contributed by atoms with van der Waals surface area (Å²) in [6, 6.07) is 0. The van der Waals surface area contributed by atoms with Crippen molar-refractivity contribution in [3.8, 4) is 0 Å². The standard InChI is InChI=1S/C10H20O/c1-5-7-10(11)9(6-2)8(3)4/h9-11H,3,5-7H2,1-2,4H3/t9-,10-/m0/s1. The molecule has 1 heteroatoms. The van der Waals surface area contributed by atoms with Gasteiger partial charge >= 0.3 is 0 Å². The number of hydrogen-bond donors (Lipinski definition) is 1. The van der Waals surface area contributed by atoms with Crippen LogP contribution < -0.4 is 0 Å². The Morgan fingerprint density at radius 3 is 2.27 bits per heavy atom. The Balaban J connectivity index is 3.91. The van der Waals surface area contributed by atoms with Crippen molar-refractivity contribution >= 4 is 0 Å². The van der Waals surface area contributed by atoms with E-state index in [4.69, 9.17) is 0 Å². The van der Waals surface area contributed by atoms with Crippen molar-refractivity contribution < 1.29 is 5.11 Å². The number of aliphatic hydroxyl groups is 1. The lowest BCUT2D eigenvalue weighted by Gasteiger charge is -2.20. The highest BCUT2D eigenvalue weighted by Gasteiger charge is 2.16. The van der Waals surface area contributed by atoms with Crippen molar-refractivity contribution in [1.82, 2.24) is 0 Å². The van der Waals surface area contributed by atoms with Crippen LogP contribution in [-0.4, -0.2) is 11.2 Å².